The fourth-order valence-electron chi connectivity index (χ4n) is 3.52. The number of methoxy groups -OCH3 is 1. The fraction of sp³-hybridized carbons (Fsp3) is 0.375. The number of nitrogens with zero attached hydrogens (tertiary/aromatic N) is 3. The van der Waals surface area contributed by atoms with Gasteiger partial charge in [-0.3, -0.25) is 9.59 Å². The molecule has 1 heterocycles. The highest BCUT2D eigenvalue weighted by Crippen LogP contribution is 2.22. The van der Waals surface area contributed by atoms with Gasteiger partial charge in [-0.25, -0.2) is 0 Å². The molecule has 0 N–H and O–H groups in total. The van der Waals surface area contributed by atoms with Crippen LogP contribution in [0.1, 0.15) is 29.8 Å². The van der Waals surface area contributed by atoms with Crippen molar-refractivity contribution in [1.82, 2.24) is 9.80 Å². The third kappa shape index (κ3) is 5.15. The zero-order valence-corrected chi connectivity index (χ0v) is 18.1. The first kappa shape index (κ1) is 22.2. The smallest absolute Gasteiger partial charge is 0.264 e. The van der Waals surface area contributed by atoms with E-state index in [0.717, 1.165) is 0 Å². The Labute approximate surface area is 182 Å². The molecule has 0 aromatic heterocycles. The number of hydrogen-bond acceptors (Lipinski definition) is 5. The van der Waals surface area contributed by atoms with Crippen molar-refractivity contribution in [3.63, 3.8) is 0 Å². The standard InChI is InChI=1S/C24H27N3O4/c1-17(2)22(31-21-10-5-4-7-19(21)16-25)24(29)27-13-11-26(12-14-27)23(28)18-8-6-9-20(15-18)30-3/h4-10,15,17,22H,11-14H2,1-3H3. The van der Waals surface area contributed by atoms with E-state index in [-0.39, 0.29) is 17.7 Å². The summed E-state index contributed by atoms with van der Waals surface area (Å²) in [5.41, 5.74) is 0.963. The largest absolute Gasteiger partial charge is 0.497 e. The molecule has 7 heteroatoms. The van der Waals surface area contributed by atoms with Gasteiger partial charge in [0.2, 0.25) is 0 Å². The molecule has 3 rings (SSSR count). The molecule has 2 aromatic rings. The van der Waals surface area contributed by atoms with E-state index in [9.17, 15) is 14.9 Å². The summed E-state index contributed by atoms with van der Waals surface area (Å²) in [6.07, 6.45) is -0.699. The number of carbonyl (C=O) groups is 2. The van der Waals surface area contributed by atoms with E-state index < -0.39 is 6.10 Å². The monoisotopic (exact) mass is 421 g/mol. The molecular weight excluding hydrogens is 394 g/mol. The molecular formula is C24H27N3O4. The van der Waals surface area contributed by atoms with Gasteiger partial charge in [0.15, 0.2) is 6.10 Å². The number of carbonyl (C=O) groups excluding carboxylic acids is 2. The molecule has 0 spiro atoms. The summed E-state index contributed by atoms with van der Waals surface area (Å²) >= 11 is 0. The van der Waals surface area contributed by atoms with Gasteiger partial charge in [0.05, 0.1) is 12.7 Å². The zero-order valence-electron chi connectivity index (χ0n) is 18.1. The maximum absolute atomic E-state index is 13.2. The highest BCUT2D eigenvalue weighted by molar-refractivity contribution is 5.94. The summed E-state index contributed by atoms with van der Waals surface area (Å²) in [5, 5.41) is 9.29. The molecule has 7 nitrogen and oxygen atoms in total. The van der Waals surface area contributed by atoms with Crippen LogP contribution in [0.15, 0.2) is 48.5 Å². The van der Waals surface area contributed by atoms with Crippen molar-refractivity contribution in [2.45, 2.75) is 20.0 Å². The predicted octanol–water partition coefficient (Wildman–Crippen LogP) is 2.95. The van der Waals surface area contributed by atoms with Crippen molar-refractivity contribution in [2.75, 3.05) is 33.3 Å². The summed E-state index contributed by atoms with van der Waals surface area (Å²) in [6, 6.07) is 16.1. The third-order valence-electron chi connectivity index (χ3n) is 5.31. The van der Waals surface area contributed by atoms with Crippen LogP contribution in [-0.4, -0.2) is 61.0 Å². The first-order valence-corrected chi connectivity index (χ1v) is 10.3. The zero-order chi connectivity index (χ0) is 22.4. The summed E-state index contributed by atoms with van der Waals surface area (Å²) in [7, 11) is 1.57. The number of rotatable bonds is 6. The molecule has 0 radical (unpaired) electrons. The van der Waals surface area contributed by atoms with Gasteiger partial charge in [-0.15, -0.1) is 0 Å². The number of ether oxygens (including phenoxy) is 2. The highest BCUT2D eigenvalue weighted by atomic mass is 16.5. The lowest BCUT2D eigenvalue weighted by molar-refractivity contribution is -0.142. The Balaban J connectivity index is 1.65. The number of nitriles is 1. The number of para-hydroxylation sites is 1. The molecule has 0 saturated carbocycles. The van der Waals surface area contributed by atoms with Crippen LogP contribution in [0.4, 0.5) is 0 Å². The molecule has 1 aliphatic rings. The highest BCUT2D eigenvalue weighted by Gasteiger charge is 2.32. The minimum atomic E-state index is -0.699. The molecule has 1 saturated heterocycles. The molecule has 31 heavy (non-hydrogen) atoms. The van der Waals surface area contributed by atoms with Crippen molar-refractivity contribution < 1.29 is 19.1 Å². The Kier molecular flexibility index (Phi) is 7.14. The first-order valence-electron chi connectivity index (χ1n) is 10.3. The van der Waals surface area contributed by atoms with E-state index in [1.807, 2.05) is 13.8 Å². The van der Waals surface area contributed by atoms with Crippen LogP contribution in [0.25, 0.3) is 0 Å². The predicted molar refractivity (Wildman–Crippen MR) is 116 cm³/mol. The van der Waals surface area contributed by atoms with Gasteiger partial charge >= 0.3 is 0 Å². The van der Waals surface area contributed by atoms with Crippen LogP contribution in [0.5, 0.6) is 11.5 Å². The summed E-state index contributed by atoms with van der Waals surface area (Å²) in [5.74, 6) is 0.760. The molecule has 0 aliphatic carbocycles. The Bertz CT molecular complexity index is 975. The lowest BCUT2D eigenvalue weighted by Crippen LogP contribution is -2.54. The first-order chi connectivity index (χ1) is 14.9. The summed E-state index contributed by atoms with van der Waals surface area (Å²) < 4.78 is 11.2. The minimum Gasteiger partial charge on any atom is -0.497 e. The summed E-state index contributed by atoms with van der Waals surface area (Å²) in [6.45, 7) is 5.59. The van der Waals surface area contributed by atoms with Crippen molar-refractivity contribution >= 4 is 11.8 Å². The number of amides is 2. The molecule has 2 amide bonds. The lowest BCUT2D eigenvalue weighted by Gasteiger charge is -2.37. The van der Waals surface area contributed by atoms with Gasteiger partial charge in [0.25, 0.3) is 11.8 Å². The molecule has 1 fully saturated rings. The van der Waals surface area contributed by atoms with E-state index in [1.165, 1.54) is 0 Å². The Morgan fingerprint density at radius 3 is 2.32 bits per heavy atom. The average molecular weight is 421 g/mol. The lowest BCUT2D eigenvalue weighted by atomic mass is 10.0. The second-order valence-electron chi connectivity index (χ2n) is 7.74. The van der Waals surface area contributed by atoms with Crippen LogP contribution in [0.2, 0.25) is 0 Å². The molecule has 2 aromatic carbocycles. The van der Waals surface area contributed by atoms with Gasteiger partial charge in [-0.1, -0.05) is 32.0 Å². The molecule has 1 atom stereocenters. The Hall–Kier alpha value is -3.53. The maximum Gasteiger partial charge on any atom is 0.264 e. The fourth-order valence-corrected chi connectivity index (χ4v) is 3.52. The van der Waals surface area contributed by atoms with Crippen LogP contribution < -0.4 is 9.47 Å². The quantitative estimate of drug-likeness (QED) is 0.716. The van der Waals surface area contributed by atoms with Gasteiger partial charge in [0.1, 0.15) is 17.6 Å². The van der Waals surface area contributed by atoms with Gasteiger partial charge in [0, 0.05) is 31.7 Å². The number of hydrogen-bond donors (Lipinski definition) is 0. The SMILES string of the molecule is COc1cccc(C(=O)N2CCN(C(=O)C(Oc3ccccc3C#N)C(C)C)CC2)c1. The second kappa shape index (κ2) is 9.98. The van der Waals surface area contributed by atoms with Crippen molar-refractivity contribution in [3.05, 3.63) is 59.7 Å². The van der Waals surface area contributed by atoms with Gasteiger partial charge < -0.3 is 19.3 Å². The van der Waals surface area contributed by atoms with E-state index in [4.69, 9.17) is 9.47 Å². The van der Waals surface area contributed by atoms with Crippen molar-refractivity contribution in [3.8, 4) is 17.6 Å². The second-order valence-corrected chi connectivity index (χ2v) is 7.74. The van der Waals surface area contributed by atoms with E-state index in [0.29, 0.717) is 48.8 Å². The van der Waals surface area contributed by atoms with Gasteiger partial charge in [-0.2, -0.15) is 5.26 Å². The van der Waals surface area contributed by atoms with Crippen LogP contribution in [-0.2, 0) is 4.79 Å². The molecule has 1 unspecified atom stereocenters. The molecule has 1 aliphatic heterocycles. The van der Waals surface area contributed by atoms with E-state index in [1.54, 1.807) is 65.4 Å². The maximum atomic E-state index is 13.2. The third-order valence-corrected chi connectivity index (χ3v) is 5.31. The number of piperazine rings is 1. The van der Waals surface area contributed by atoms with Gasteiger partial charge in [-0.05, 0) is 36.2 Å². The topological polar surface area (TPSA) is 82.9 Å². The van der Waals surface area contributed by atoms with Crippen LogP contribution in [0, 0.1) is 17.2 Å². The normalized spacial score (nSPS) is 14.7. The van der Waals surface area contributed by atoms with E-state index >= 15 is 0 Å². The van der Waals surface area contributed by atoms with Crippen LogP contribution in [0.3, 0.4) is 0 Å². The average Bonchev–Trinajstić information content (AvgIpc) is 2.81. The summed E-state index contributed by atoms with van der Waals surface area (Å²) in [4.78, 5) is 29.5. The minimum absolute atomic E-state index is 0.0734. The number of benzene rings is 2. The van der Waals surface area contributed by atoms with E-state index in [2.05, 4.69) is 6.07 Å². The molecule has 162 valence electrons. The molecule has 0 bridgehead atoms. The van der Waals surface area contributed by atoms with Crippen molar-refractivity contribution in [2.24, 2.45) is 5.92 Å². The Morgan fingerprint density at radius 2 is 1.68 bits per heavy atom. The Morgan fingerprint density at radius 1 is 1.00 bits per heavy atom. The van der Waals surface area contributed by atoms with Crippen molar-refractivity contribution in [1.29, 1.82) is 5.26 Å². The van der Waals surface area contributed by atoms with Crippen LogP contribution >= 0.6 is 0 Å².